The fourth-order valence-corrected chi connectivity index (χ4v) is 2.74. The molecule has 2 aromatic carbocycles. The smallest absolute Gasteiger partial charge is 0.195 e. The second-order valence-electron chi connectivity index (χ2n) is 5.52. The van der Waals surface area contributed by atoms with Crippen LogP contribution >= 0.6 is 0 Å². The van der Waals surface area contributed by atoms with Crippen molar-refractivity contribution in [3.05, 3.63) is 70.4 Å². The van der Waals surface area contributed by atoms with E-state index in [1.165, 1.54) is 11.1 Å². The average Bonchev–Trinajstić information content (AvgIpc) is 2.93. The number of H-pyrrole nitrogens is 1. The van der Waals surface area contributed by atoms with Crippen molar-refractivity contribution >= 4 is 16.7 Å². The van der Waals surface area contributed by atoms with Crippen LogP contribution in [0.15, 0.2) is 42.6 Å². The number of para-hydroxylation sites is 1. The lowest BCUT2D eigenvalue weighted by molar-refractivity contribution is 0.104. The number of aromatic nitrogens is 1. The number of benzene rings is 2. The van der Waals surface area contributed by atoms with Gasteiger partial charge < -0.3 is 4.98 Å². The van der Waals surface area contributed by atoms with E-state index in [1.807, 2.05) is 43.5 Å². The van der Waals surface area contributed by atoms with Gasteiger partial charge in [-0.1, -0.05) is 37.3 Å². The summed E-state index contributed by atoms with van der Waals surface area (Å²) in [6, 6.07) is 12.0. The topological polar surface area (TPSA) is 32.9 Å². The van der Waals surface area contributed by atoms with Gasteiger partial charge in [0.1, 0.15) is 0 Å². The van der Waals surface area contributed by atoms with E-state index in [0.717, 1.165) is 34.0 Å². The Labute approximate surface area is 124 Å². The van der Waals surface area contributed by atoms with E-state index in [4.69, 9.17) is 0 Å². The summed E-state index contributed by atoms with van der Waals surface area (Å²) < 4.78 is 0. The van der Waals surface area contributed by atoms with E-state index in [1.54, 1.807) is 0 Å². The molecular formula is C19H19NO. The number of fused-ring (bicyclic) bond motifs is 1. The van der Waals surface area contributed by atoms with Crippen LogP contribution in [-0.2, 0) is 6.42 Å². The van der Waals surface area contributed by atoms with Crippen molar-refractivity contribution in [2.45, 2.75) is 27.2 Å². The first-order valence-electron chi connectivity index (χ1n) is 7.32. The van der Waals surface area contributed by atoms with Gasteiger partial charge in [-0.3, -0.25) is 4.79 Å². The lowest BCUT2D eigenvalue weighted by atomic mass is 9.98. The molecule has 3 aromatic rings. The van der Waals surface area contributed by atoms with E-state index in [0.29, 0.717) is 0 Å². The molecule has 0 aliphatic heterocycles. The maximum absolute atomic E-state index is 12.8. The van der Waals surface area contributed by atoms with Gasteiger partial charge in [0, 0.05) is 28.2 Å². The standard InChI is InChI=1S/C19H19NO/c1-4-14-6-5-7-16-17(11-20-18(14)16)19(21)15-9-8-12(2)13(3)10-15/h5-11,20H,4H2,1-3H3. The quantitative estimate of drug-likeness (QED) is 0.698. The van der Waals surface area contributed by atoms with Crippen LogP contribution in [0.5, 0.6) is 0 Å². The molecule has 0 saturated heterocycles. The molecule has 0 aliphatic carbocycles. The average molecular weight is 277 g/mol. The predicted molar refractivity (Wildman–Crippen MR) is 87.0 cm³/mol. The van der Waals surface area contributed by atoms with Crippen LogP contribution in [0.25, 0.3) is 10.9 Å². The minimum Gasteiger partial charge on any atom is -0.360 e. The number of aryl methyl sites for hydroxylation is 3. The van der Waals surface area contributed by atoms with Crippen LogP contribution in [0.3, 0.4) is 0 Å². The van der Waals surface area contributed by atoms with Gasteiger partial charge >= 0.3 is 0 Å². The highest BCUT2D eigenvalue weighted by Crippen LogP contribution is 2.25. The molecule has 1 heterocycles. The normalized spacial score (nSPS) is 11.0. The van der Waals surface area contributed by atoms with Gasteiger partial charge in [-0.15, -0.1) is 0 Å². The Hall–Kier alpha value is -2.35. The lowest BCUT2D eigenvalue weighted by Gasteiger charge is -2.04. The van der Waals surface area contributed by atoms with Crippen LogP contribution < -0.4 is 0 Å². The van der Waals surface area contributed by atoms with Crippen LogP contribution in [0.4, 0.5) is 0 Å². The van der Waals surface area contributed by atoms with Crippen molar-refractivity contribution in [3.8, 4) is 0 Å². The molecule has 2 heteroatoms. The second kappa shape index (κ2) is 5.21. The van der Waals surface area contributed by atoms with Crippen molar-refractivity contribution < 1.29 is 4.79 Å². The van der Waals surface area contributed by atoms with Gasteiger partial charge in [0.15, 0.2) is 5.78 Å². The molecule has 106 valence electrons. The Morgan fingerprint density at radius 1 is 1.10 bits per heavy atom. The van der Waals surface area contributed by atoms with Crippen molar-refractivity contribution in [1.82, 2.24) is 4.98 Å². The monoisotopic (exact) mass is 277 g/mol. The molecule has 0 amide bonds. The zero-order valence-electron chi connectivity index (χ0n) is 12.7. The summed E-state index contributed by atoms with van der Waals surface area (Å²) in [7, 11) is 0. The molecule has 1 aromatic heterocycles. The first-order valence-corrected chi connectivity index (χ1v) is 7.32. The first-order chi connectivity index (χ1) is 10.1. The molecule has 2 nitrogen and oxygen atoms in total. The summed E-state index contributed by atoms with van der Waals surface area (Å²) in [5.74, 6) is 0.0811. The molecule has 0 bridgehead atoms. The Morgan fingerprint density at radius 2 is 1.90 bits per heavy atom. The molecule has 3 rings (SSSR count). The van der Waals surface area contributed by atoms with Gasteiger partial charge in [-0.05, 0) is 43.0 Å². The summed E-state index contributed by atoms with van der Waals surface area (Å²) in [5.41, 5.74) is 6.18. The maximum atomic E-state index is 12.8. The molecule has 0 saturated carbocycles. The molecule has 0 atom stereocenters. The number of ketones is 1. The third kappa shape index (κ3) is 2.27. The molecule has 0 fully saturated rings. The Morgan fingerprint density at radius 3 is 2.62 bits per heavy atom. The van der Waals surface area contributed by atoms with E-state index in [-0.39, 0.29) is 5.78 Å². The number of carbonyl (C=O) groups is 1. The van der Waals surface area contributed by atoms with Crippen molar-refractivity contribution in [1.29, 1.82) is 0 Å². The number of rotatable bonds is 3. The minimum atomic E-state index is 0.0811. The van der Waals surface area contributed by atoms with Gasteiger partial charge in [-0.25, -0.2) is 0 Å². The number of nitrogens with one attached hydrogen (secondary N) is 1. The lowest BCUT2D eigenvalue weighted by Crippen LogP contribution is -2.01. The molecule has 0 aliphatic rings. The number of carbonyl (C=O) groups excluding carboxylic acids is 1. The largest absolute Gasteiger partial charge is 0.360 e. The Kier molecular flexibility index (Phi) is 3.38. The van der Waals surface area contributed by atoms with Crippen molar-refractivity contribution in [2.24, 2.45) is 0 Å². The summed E-state index contributed by atoms with van der Waals surface area (Å²) in [4.78, 5) is 16.0. The third-order valence-corrected chi connectivity index (χ3v) is 4.20. The van der Waals surface area contributed by atoms with Crippen molar-refractivity contribution in [3.63, 3.8) is 0 Å². The Bertz CT molecular complexity index is 827. The maximum Gasteiger partial charge on any atom is 0.195 e. The van der Waals surface area contributed by atoms with E-state index >= 15 is 0 Å². The molecule has 0 unspecified atom stereocenters. The fraction of sp³-hybridized carbons (Fsp3) is 0.211. The summed E-state index contributed by atoms with van der Waals surface area (Å²) in [6.45, 7) is 6.22. The second-order valence-corrected chi connectivity index (χ2v) is 5.52. The van der Waals surface area contributed by atoms with Crippen LogP contribution in [-0.4, -0.2) is 10.8 Å². The van der Waals surface area contributed by atoms with E-state index in [9.17, 15) is 4.79 Å². The fourth-order valence-electron chi connectivity index (χ4n) is 2.74. The number of aromatic amines is 1. The van der Waals surface area contributed by atoms with E-state index < -0.39 is 0 Å². The molecule has 0 radical (unpaired) electrons. The van der Waals surface area contributed by atoms with Crippen LogP contribution in [0.2, 0.25) is 0 Å². The van der Waals surface area contributed by atoms with Gasteiger partial charge in [0.2, 0.25) is 0 Å². The molecule has 21 heavy (non-hydrogen) atoms. The SMILES string of the molecule is CCc1cccc2c(C(=O)c3ccc(C)c(C)c3)c[nH]c12. The highest BCUT2D eigenvalue weighted by Gasteiger charge is 2.15. The molecular weight excluding hydrogens is 258 g/mol. The van der Waals surface area contributed by atoms with Gasteiger partial charge in [0.05, 0.1) is 0 Å². The summed E-state index contributed by atoms with van der Waals surface area (Å²) in [6.07, 6.45) is 2.79. The first kappa shape index (κ1) is 13.6. The van der Waals surface area contributed by atoms with Crippen LogP contribution in [0, 0.1) is 13.8 Å². The summed E-state index contributed by atoms with van der Waals surface area (Å²) >= 11 is 0. The molecule has 0 spiro atoms. The van der Waals surface area contributed by atoms with Gasteiger partial charge in [-0.2, -0.15) is 0 Å². The minimum absolute atomic E-state index is 0.0811. The zero-order chi connectivity index (χ0) is 15.0. The third-order valence-electron chi connectivity index (χ3n) is 4.20. The van der Waals surface area contributed by atoms with E-state index in [2.05, 4.69) is 24.9 Å². The predicted octanol–water partition coefficient (Wildman–Crippen LogP) is 4.58. The highest BCUT2D eigenvalue weighted by molar-refractivity contribution is 6.16. The van der Waals surface area contributed by atoms with Crippen LogP contribution in [0.1, 0.15) is 39.5 Å². The number of hydrogen-bond acceptors (Lipinski definition) is 1. The van der Waals surface area contributed by atoms with Gasteiger partial charge in [0.25, 0.3) is 0 Å². The molecule has 1 N–H and O–H groups in total. The Balaban J connectivity index is 2.11. The zero-order valence-corrected chi connectivity index (χ0v) is 12.7. The summed E-state index contributed by atoms with van der Waals surface area (Å²) in [5, 5.41) is 1.01. The highest BCUT2D eigenvalue weighted by atomic mass is 16.1. The van der Waals surface area contributed by atoms with Crippen molar-refractivity contribution in [2.75, 3.05) is 0 Å². The number of hydrogen-bond donors (Lipinski definition) is 1.